The second-order valence-corrected chi connectivity index (χ2v) is 7.58. The maximum absolute atomic E-state index is 6.53. The van der Waals surface area contributed by atoms with Crippen LogP contribution in [-0.4, -0.2) is 66.7 Å². The van der Waals surface area contributed by atoms with E-state index in [9.17, 15) is 0 Å². The fourth-order valence-electron chi connectivity index (χ4n) is 4.43. The molecule has 3 fully saturated rings. The summed E-state index contributed by atoms with van der Waals surface area (Å²) in [5, 5.41) is 0. The van der Waals surface area contributed by atoms with Gasteiger partial charge < -0.3 is 9.64 Å². The maximum atomic E-state index is 6.53. The molecule has 4 heteroatoms. The first-order valence-electron chi connectivity index (χ1n) is 8.98. The van der Waals surface area contributed by atoms with Crippen molar-refractivity contribution in [3.8, 4) is 0 Å². The van der Waals surface area contributed by atoms with E-state index in [4.69, 9.17) is 16.3 Å². The summed E-state index contributed by atoms with van der Waals surface area (Å²) < 4.78 is 6.53. The van der Waals surface area contributed by atoms with E-state index in [1.54, 1.807) is 0 Å². The molecule has 2 heterocycles. The van der Waals surface area contributed by atoms with E-state index in [2.05, 4.69) is 9.80 Å². The van der Waals surface area contributed by atoms with Gasteiger partial charge in [0.2, 0.25) is 0 Å². The van der Waals surface area contributed by atoms with Crippen LogP contribution >= 0.6 is 11.6 Å². The van der Waals surface area contributed by atoms with Gasteiger partial charge in [-0.15, -0.1) is 11.6 Å². The van der Waals surface area contributed by atoms with Crippen molar-refractivity contribution in [2.75, 3.05) is 45.1 Å². The van der Waals surface area contributed by atoms with E-state index >= 15 is 0 Å². The van der Waals surface area contributed by atoms with Crippen LogP contribution in [-0.2, 0) is 4.74 Å². The van der Waals surface area contributed by atoms with Gasteiger partial charge in [0.1, 0.15) is 0 Å². The largest absolute Gasteiger partial charge is 0.370 e. The SMILES string of the molecule is ClCCN1CCCN(CC2CCC3(CCCCC3)O2)CC1. The fraction of sp³-hybridized carbons (Fsp3) is 1.00. The summed E-state index contributed by atoms with van der Waals surface area (Å²) in [6.07, 6.45) is 11.1. The van der Waals surface area contributed by atoms with Crippen molar-refractivity contribution in [1.29, 1.82) is 0 Å². The molecule has 1 aliphatic carbocycles. The summed E-state index contributed by atoms with van der Waals surface area (Å²) in [6.45, 7) is 6.98. The number of nitrogens with zero attached hydrogens (tertiary/aromatic N) is 2. The number of alkyl halides is 1. The maximum Gasteiger partial charge on any atom is 0.0710 e. The molecule has 0 aromatic heterocycles. The van der Waals surface area contributed by atoms with Crippen molar-refractivity contribution in [3.63, 3.8) is 0 Å². The van der Waals surface area contributed by atoms with Gasteiger partial charge in [0.25, 0.3) is 0 Å². The van der Waals surface area contributed by atoms with E-state index in [1.165, 1.54) is 77.5 Å². The van der Waals surface area contributed by atoms with E-state index in [1.807, 2.05) is 0 Å². The third kappa shape index (κ3) is 4.34. The summed E-state index contributed by atoms with van der Waals surface area (Å²) in [5.74, 6) is 0.758. The molecule has 0 N–H and O–H groups in total. The quantitative estimate of drug-likeness (QED) is 0.742. The van der Waals surface area contributed by atoms with Crippen LogP contribution in [0.25, 0.3) is 0 Å². The Bertz CT molecular complexity index is 320. The first kappa shape index (κ1) is 16.0. The van der Waals surface area contributed by atoms with E-state index in [0.29, 0.717) is 6.10 Å². The third-order valence-electron chi connectivity index (χ3n) is 5.65. The molecule has 0 radical (unpaired) electrons. The molecule has 3 nitrogen and oxygen atoms in total. The van der Waals surface area contributed by atoms with Crippen LogP contribution in [0.4, 0.5) is 0 Å². The number of hydrogen-bond donors (Lipinski definition) is 0. The third-order valence-corrected chi connectivity index (χ3v) is 5.82. The van der Waals surface area contributed by atoms with Crippen molar-refractivity contribution in [3.05, 3.63) is 0 Å². The summed E-state index contributed by atoms with van der Waals surface area (Å²) in [5.41, 5.74) is 0.277. The van der Waals surface area contributed by atoms with Crippen LogP contribution in [0.5, 0.6) is 0 Å². The van der Waals surface area contributed by atoms with Gasteiger partial charge in [0.05, 0.1) is 11.7 Å². The van der Waals surface area contributed by atoms with Crippen molar-refractivity contribution < 1.29 is 4.74 Å². The number of halogens is 1. The Morgan fingerprint density at radius 1 is 0.905 bits per heavy atom. The molecule has 1 spiro atoms. The molecular formula is C17H31ClN2O. The average molecular weight is 315 g/mol. The molecule has 1 atom stereocenters. The van der Waals surface area contributed by atoms with Gasteiger partial charge in [0, 0.05) is 32.1 Å². The highest BCUT2D eigenvalue weighted by atomic mass is 35.5. The van der Waals surface area contributed by atoms with Crippen LogP contribution in [0.1, 0.15) is 51.4 Å². The molecule has 3 aliphatic rings. The van der Waals surface area contributed by atoms with E-state index < -0.39 is 0 Å². The lowest BCUT2D eigenvalue weighted by Crippen LogP contribution is -2.38. The lowest BCUT2D eigenvalue weighted by molar-refractivity contribution is -0.0715. The van der Waals surface area contributed by atoms with Crippen LogP contribution in [0.2, 0.25) is 0 Å². The van der Waals surface area contributed by atoms with Gasteiger partial charge in [-0.1, -0.05) is 19.3 Å². The van der Waals surface area contributed by atoms with Gasteiger partial charge in [-0.2, -0.15) is 0 Å². The zero-order valence-electron chi connectivity index (χ0n) is 13.4. The van der Waals surface area contributed by atoms with Gasteiger partial charge in [-0.05, 0) is 45.2 Å². The van der Waals surface area contributed by atoms with Crippen LogP contribution in [0.15, 0.2) is 0 Å². The number of rotatable bonds is 4. The Kier molecular flexibility index (Phi) is 5.83. The summed E-state index contributed by atoms with van der Waals surface area (Å²) in [6, 6.07) is 0. The molecule has 21 heavy (non-hydrogen) atoms. The normalized spacial score (nSPS) is 31.6. The molecule has 0 amide bonds. The van der Waals surface area contributed by atoms with Crippen molar-refractivity contribution in [1.82, 2.24) is 9.80 Å². The molecule has 0 aromatic carbocycles. The van der Waals surface area contributed by atoms with E-state index in [-0.39, 0.29) is 5.60 Å². The molecule has 3 rings (SSSR count). The Labute approximate surface area is 134 Å². The summed E-state index contributed by atoms with van der Waals surface area (Å²) in [7, 11) is 0. The van der Waals surface area contributed by atoms with Gasteiger partial charge >= 0.3 is 0 Å². The molecule has 1 unspecified atom stereocenters. The van der Waals surface area contributed by atoms with Gasteiger partial charge in [-0.3, -0.25) is 4.90 Å². The molecule has 2 saturated heterocycles. The summed E-state index contributed by atoms with van der Waals surface area (Å²) in [4.78, 5) is 5.13. The van der Waals surface area contributed by atoms with Crippen LogP contribution < -0.4 is 0 Å². The first-order valence-corrected chi connectivity index (χ1v) is 9.52. The van der Waals surface area contributed by atoms with Gasteiger partial charge in [-0.25, -0.2) is 0 Å². The lowest BCUT2D eigenvalue weighted by atomic mass is 9.83. The predicted octanol–water partition coefficient (Wildman–Crippen LogP) is 3.11. The predicted molar refractivity (Wildman–Crippen MR) is 88.1 cm³/mol. The Morgan fingerprint density at radius 3 is 2.48 bits per heavy atom. The molecule has 2 aliphatic heterocycles. The van der Waals surface area contributed by atoms with E-state index in [0.717, 1.165) is 19.0 Å². The number of ether oxygens (including phenoxy) is 1. The zero-order chi connectivity index (χ0) is 14.5. The minimum atomic E-state index is 0.277. The summed E-state index contributed by atoms with van der Waals surface area (Å²) >= 11 is 5.87. The molecule has 122 valence electrons. The Balaban J connectivity index is 1.44. The van der Waals surface area contributed by atoms with Crippen LogP contribution in [0.3, 0.4) is 0 Å². The first-order chi connectivity index (χ1) is 10.3. The van der Waals surface area contributed by atoms with Crippen LogP contribution in [0, 0.1) is 0 Å². The molecule has 0 aromatic rings. The number of hydrogen-bond acceptors (Lipinski definition) is 3. The van der Waals surface area contributed by atoms with Crippen molar-refractivity contribution in [2.45, 2.75) is 63.1 Å². The zero-order valence-corrected chi connectivity index (χ0v) is 14.1. The monoisotopic (exact) mass is 314 g/mol. The Hall–Kier alpha value is 0.170. The second kappa shape index (κ2) is 7.63. The minimum absolute atomic E-state index is 0.277. The second-order valence-electron chi connectivity index (χ2n) is 7.21. The topological polar surface area (TPSA) is 15.7 Å². The lowest BCUT2D eigenvalue weighted by Gasteiger charge is -2.34. The van der Waals surface area contributed by atoms with Crippen molar-refractivity contribution >= 4 is 11.6 Å². The van der Waals surface area contributed by atoms with Crippen molar-refractivity contribution in [2.24, 2.45) is 0 Å². The minimum Gasteiger partial charge on any atom is -0.370 e. The molecule has 1 saturated carbocycles. The highest BCUT2D eigenvalue weighted by Crippen LogP contribution is 2.42. The Morgan fingerprint density at radius 2 is 1.67 bits per heavy atom. The van der Waals surface area contributed by atoms with Gasteiger partial charge in [0.15, 0.2) is 0 Å². The smallest absolute Gasteiger partial charge is 0.0710 e. The molecular weight excluding hydrogens is 284 g/mol. The highest BCUT2D eigenvalue weighted by Gasteiger charge is 2.41. The average Bonchev–Trinajstić information content (AvgIpc) is 2.73. The standard InChI is InChI=1S/C17H31ClN2O/c18-9-12-19-10-4-11-20(14-13-19)15-16-5-8-17(21-16)6-2-1-3-7-17/h16H,1-15H2. The molecule has 0 bridgehead atoms. The highest BCUT2D eigenvalue weighted by molar-refractivity contribution is 6.18. The fourth-order valence-corrected chi connectivity index (χ4v) is 4.67.